The quantitative estimate of drug-likeness (QED) is 0.310. The first-order valence-electron chi connectivity index (χ1n) is 3.87. The van der Waals surface area contributed by atoms with E-state index in [0.29, 0.717) is 19.8 Å². The maximum absolute atomic E-state index is 8.41. The van der Waals surface area contributed by atoms with Crippen molar-refractivity contribution < 1.29 is 24.7 Å². The van der Waals surface area contributed by atoms with Crippen LogP contribution in [-0.2, 0) is 14.4 Å². The second-order valence-electron chi connectivity index (χ2n) is 2.31. The number of ether oxygens (including phenoxy) is 2. The standard InChI is InChI=1S/C7H16O5/c1-7(11-3-2-8)6-10-4-5-12-9/h7-9H,2-6H2,1H3. The summed E-state index contributed by atoms with van der Waals surface area (Å²) >= 11 is 0. The van der Waals surface area contributed by atoms with Crippen LogP contribution in [0.2, 0.25) is 0 Å². The van der Waals surface area contributed by atoms with Crippen molar-refractivity contribution >= 4 is 0 Å². The molecule has 0 bridgehead atoms. The second-order valence-corrected chi connectivity index (χ2v) is 2.31. The lowest BCUT2D eigenvalue weighted by molar-refractivity contribution is -0.249. The van der Waals surface area contributed by atoms with Gasteiger partial charge in [-0.2, -0.15) is 0 Å². The Morgan fingerprint density at radius 1 is 1.25 bits per heavy atom. The highest BCUT2D eigenvalue weighted by molar-refractivity contribution is 4.46. The Morgan fingerprint density at radius 2 is 2.00 bits per heavy atom. The van der Waals surface area contributed by atoms with Crippen molar-refractivity contribution in [3.63, 3.8) is 0 Å². The van der Waals surface area contributed by atoms with Crippen LogP contribution >= 0.6 is 0 Å². The molecule has 0 heterocycles. The molecule has 12 heavy (non-hydrogen) atoms. The molecule has 0 aliphatic heterocycles. The third kappa shape index (κ3) is 7.90. The van der Waals surface area contributed by atoms with Gasteiger partial charge in [0.15, 0.2) is 0 Å². The van der Waals surface area contributed by atoms with Crippen molar-refractivity contribution in [2.24, 2.45) is 0 Å². The van der Waals surface area contributed by atoms with Crippen LogP contribution in [0.25, 0.3) is 0 Å². The van der Waals surface area contributed by atoms with E-state index in [1.807, 2.05) is 6.92 Å². The van der Waals surface area contributed by atoms with E-state index in [4.69, 9.17) is 19.8 Å². The lowest BCUT2D eigenvalue weighted by Gasteiger charge is -2.11. The first-order valence-corrected chi connectivity index (χ1v) is 3.87. The molecule has 0 rings (SSSR count). The minimum Gasteiger partial charge on any atom is -0.394 e. The third-order valence-corrected chi connectivity index (χ3v) is 1.17. The van der Waals surface area contributed by atoms with Crippen molar-refractivity contribution in [2.45, 2.75) is 13.0 Å². The van der Waals surface area contributed by atoms with Gasteiger partial charge >= 0.3 is 0 Å². The molecule has 5 nitrogen and oxygen atoms in total. The van der Waals surface area contributed by atoms with E-state index in [-0.39, 0.29) is 19.3 Å². The summed E-state index contributed by atoms with van der Waals surface area (Å²) in [6.45, 7) is 3.11. The van der Waals surface area contributed by atoms with Gasteiger partial charge in [0.1, 0.15) is 6.61 Å². The van der Waals surface area contributed by atoms with Crippen molar-refractivity contribution in [3.8, 4) is 0 Å². The van der Waals surface area contributed by atoms with Crippen LogP contribution in [0, 0.1) is 0 Å². The molecule has 1 atom stereocenters. The minimum absolute atomic E-state index is 0.0179. The zero-order chi connectivity index (χ0) is 9.23. The van der Waals surface area contributed by atoms with Crippen molar-refractivity contribution in [1.82, 2.24) is 0 Å². The van der Waals surface area contributed by atoms with E-state index in [2.05, 4.69) is 4.89 Å². The van der Waals surface area contributed by atoms with Gasteiger partial charge in [0.25, 0.3) is 0 Å². The van der Waals surface area contributed by atoms with Gasteiger partial charge in [0.2, 0.25) is 0 Å². The molecule has 0 aromatic rings. The average molecular weight is 180 g/mol. The topological polar surface area (TPSA) is 68.2 Å². The summed E-state index contributed by atoms with van der Waals surface area (Å²) in [5.74, 6) is 0. The van der Waals surface area contributed by atoms with Gasteiger partial charge in [-0.25, -0.2) is 4.89 Å². The van der Waals surface area contributed by atoms with Crippen molar-refractivity contribution in [2.75, 3.05) is 33.0 Å². The predicted molar refractivity (Wildman–Crippen MR) is 41.9 cm³/mol. The molecule has 0 saturated carbocycles. The Kier molecular flexibility index (Phi) is 8.74. The van der Waals surface area contributed by atoms with E-state index in [1.54, 1.807) is 0 Å². The van der Waals surface area contributed by atoms with Crippen LogP contribution in [0.1, 0.15) is 6.92 Å². The summed E-state index contributed by atoms with van der Waals surface area (Å²) in [4.78, 5) is 3.80. The van der Waals surface area contributed by atoms with Gasteiger partial charge in [-0.05, 0) is 6.92 Å². The lowest BCUT2D eigenvalue weighted by Crippen LogP contribution is -2.19. The van der Waals surface area contributed by atoms with Gasteiger partial charge < -0.3 is 14.6 Å². The zero-order valence-corrected chi connectivity index (χ0v) is 7.23. The fourth-order valence-corrected chi connectivity index (χ4v) is 0.647. The molecule has 0 aromatic heterocycles. The molecule has 0 spiro atoms. The van der Waals surface area contributed by atoms with Gasteiger partial charge in [-0.3, -0.25) is 5.26 Å². The molecule has 5 heteroatoms. The van der Waals surface area contributed by atoms with Gasteiger partial charge in [0.05, 0.1) is 32.5 Å². The normalized spacial score (nSPS) is 13.2. The summed E-state index contributed by atoms with van der Waals surface area (Å²) < 4.78 is 10.1. The van der Waals surface area contributed by atoms with Gasteiger partial charge in [-0.15, -0.1) is 0 Å². The first kappa shape index (κ1) is 11.8. The number of rotatable bonds is 8. The van der Waals surface area contributed by atoms with E-state index in [0.717, 1.165) is 0 Å². The molecule has 0 aliphatic carbocycles. The van der Waals surface area contributed by atoms with Crippen molar-refractivity contribution in [3.05, 3.63) is 0 Å². The van der Waals surface area contributed by atoms with Crippen LogP contribution in [0.4, 0.5) is 0 Å². The molecule has 1 unspecified atom stereocenters. The molecule has 74 valence electrons. The third-order valence-electron chi connectivity index (χ3n) is 1.17. The second kappa shape index (κ2) is 8.89. The number of hydrogen-bond donors (Lipinski definition) is 2. The van der Waals surface area contributed by atoms with E-state index in [1.165, 1.54) is 0 Å². The molecule has 0 aliphatic rings. The smallest absolute Gasteiger partial charge is 0.105 e. The van der Waals surface area contributed by atoms with E-state index < -0.39 is 0 Å². The molecular weight excluding hydrogens is 164 g/mol. The van der Waals surface area contributed by atoms with E-state index in [9.17, 15) is 0 Å². The molecule has 0 saturated heterocycles. The zero-order valence-electron chi connectivity index (χ0n) is 7.23. The fraction of sp³-hybridized carbons (Fsp3) is 1.00. The van der Waals surface area contributed by atoms with Crippen LogP contribution in [-0.4, -0.2) is 49.5 Å². The molecule has 0 fully saturated rings. The molecular formula is C7H16O5. The average Bonchev–Trinajstić information content (AvgIpc) is 2.09. The monoisotopic (exact) mass is 180 g/mol. The van der Waals surface area contributed by atoms with Gasteiger partial charge in [-0.1, -0.05) is 0 Å². The highest BCUT2D eigenvalue weighted by Gasteiger charge is 2.00. The fourth-order valence-electron chi connectivity index (χ4n) is 0.647. The van der Waals surface area contributed by atoms with Crippen molar-refractivity contribution in [1.29, 1.82) is 0 Å². The summed E-state index contributed by atoms with van der Waals surface area (Å²) in [7, 11) is 0. The Balaban J connectivity index is 3.02. The van der Waals surface area contributed by atoms with Gasteiger partial charge in [0, 0.05) is 0 Å². The Morgan fingerprint density at radius 3 is 2.58 bits per heavy atom. The number of hydrogen-bond acceptors (Lipinski definition) is 5. The largest absolute Gasteiger partial charge is 0.394 e. The lowest BCUT2D eigenvalue weighted by atomic mass is 10.4. The molecule has 0 aromatic carbocycles. The predicted octanol–water partition coefficient (Wildman–Crippen LogP) is -0.110. The Bertz CT molecular complexity index is 87.9. The highest BCUT2D eigenvalue weighted by Crippen LogP contribution is 1.91. The molecule has 2 N–H and O–H groups in total. The number of aliphatic hydroxyl groups is 1. The van der Waals surface area contributed by atoms with Crippen LogP contribution in [0.15, 0.2) is 0 Å². The summed E-state index contributed by atoms with van der Waals surface area (Å²) in [6, 6.07) is 0. The maximum Gasteiger partial charge on any atom is 0.105 e. The summed E-state index contributed by atoms with van der Waals surface area (Å²) in [5.41, 5.74) is 0. The maximum atomic E-state index is 8.41. The van der Waals surface area contributed by atoms with Crippen LogP contribution in [0.3, 0.4) is 0 Å². The van der Waals surface area contributed by atoms with Crippen LogP contribution in [0.5, 0.6) is 0 Å². The first-order chi connectivity index (χ1) is 5.81. The highest BCUT2D eigenvalue weighted by atomic mass is 17.1. The SMILES string of the molecule is CC(COCCOO)OCCO. The minimum atomic E-state index is -0.0455. The Hall–Kier alpha value is -0.200. The molecule has 0 radical (unpaired) electrons. The molecule has 0 amide bonds. The number of aliphatic hydroxyl groups excluding tert-OH is 1. The van der Waals surface area contributed by atoms with E-state index >= 15 is 0 Å². The van der Waals surface area contributed by atoms with Crippen LogP contribution < -0.4 is 0 Å². The Labute approximate surface area is 71.8 Å². The summed E-state index contributed by atoms with van der Waals surface area (Å²) in [5, 5.41) is 16.3. The summed E-state index contributed by atoms with van der Waals surface area (Å²) in [6.07, 6.45) is -0.0455.